The van der Waals surface area contributed by atoms with E-state index in [9.17, 15) is 4.79 Å². The van der Waals surface area contributed by atoms with Crippen LogP contribution in [0.1, 0.15) is 32.2 Å². The third-order valence-corrected chi connectivity index (χ3v) is 7.28. The van der Waals surface area contributed by atoms with E-state index in [4.69, 9.17) is 37.4 Å². The Labute approximate surface area is 216 Å². The first-order valence-electron chi connectivity index (χ1n) is 10.8. The van der Waals surface area contributed by atoms with Gasteiger partial charge in [0, 0.05) is 11.6 Å². The predicted octanol–water partition coefficient (Wildman–Crippen LogP) is 6.48. The number of amides is 1. The summed E-state index contributed by atoms with van der Waals surface area (Å²) in [6, 6.07) is 12.8. The number of fused-ring (bicyclic) bond motifs is 1. The lowest BCUT2D eigenvalue weighted by Gasteiger charge is -2.08. The second-order valence-corrected chi connectivity index (χ2v) is 9.75. The third-order valence-electron chi connectivity index (χ3n) is 5.56. The zero-order valence-corrected chi connectivity index (χ0v) is 21.3. The highest BCUT2D eigenvalue weighted by atomic mass is 35.5. The number of aryl methyl sites for hydroxylation is 1. The topological polar surface area (TPSA) is 74.6 Å². The number of halogens is 2. The zero-order valence-electron chi connectivity index (χ0n) is 18.9. The number of carbonyl (C=O) groups excluding carboxylic acids is 1. The molecule has 2 aromatic heterocycles. The van der Waals surface area contributed by atoms with Crippen LogP contribution in [0.15, 0.2) is 47.8 Å². The van der Waals surface area contributed by atoms with E-state index >= 15 is 0 Å². The van der Waals surface area contributed by atoms with Crippen LogP contribution in [0.4, 0.5) is 5.69 Å². The van der Waals surface area contributed by atoms with Crippen molar-refractivity contribution in [2.24, 2.45) is 0 Å². The molecule has 1 N–H and O–H groups in total. The van der Waals surface area contributed by atoms with E-state index in [-0.39, 0.29) is 12.7 Å². The number of hydrogen-bond acceptors (Lipinski definition) is 6. The summed E-state index contributed by atoms with van der Waals surface area (Å²) < 4.78 is 18.4. The highest BCUT2D eigenvalue weighted by Crippen LogP contribution is 2.35. The number of nitrogens with one attached hydrogen (secondary N) is 1. The summed E-state index contributed by atoms with van der Waals surface area (Å²) in [5, 5.41) is 10.5. The van der Waals surface area contributed by atoms with E-state index in [0.717, 1.165) is 22.5 Å². The lowest BCUT2D eigenvalue weighted by Crippen LogP contribution is -2.12. The summed E-state index contributed by atoms with van der Waals surface area (Å²) in [6.07, 6.45) is 0. The maximum Gasteiger partial charge on any atom is 0.265 e. The van der Waals surface area contributed by atoms with Crippen LogP contribution in [-0.4, -0.2) is 22.5 Å². The minimum atomic E-state index is -0.190. The van der Waals surface area contributed by atoms with Crippen LogP contribution in [0, 0.1) is 13.8 Å². The van der Waals surface area contributed by atoms with Crippen molar-refractivity contribution in [3.8, 4) is 17.2 Å². The number of thiophene rings is 1. The Balaban J connectivity index is 1.23. The highest BCUT2D eigenvalue weighted by Gasteiger charge is 2.18. The van der Waals surface area contributed by atoms with Crippen molar-refractivity contribution in [1.82, 2.24) is 9.78 Å². The number of benzene rings is 2. The Morgan fingerprint density at radius 2 is 1.91 bits per heavy atom. The molecule has 0 unspecified atom stereocenters. The van der Waals surface area contributed by atoms with Crippen LogP contribution in [-0.2, 0) is 13.2 Å². The molecule has 1 aliphatic heterocycles. The molecule has 2 aromatic carbocycles. The van der Waals surface area contributed by atoms with E-state index in [1.54, 1.807) is 12.1 Å². The van der Waals surface area contributed by atoms with E-state index in [0.29, 0.717) is 51.0 Å². The molecular weight excluding hydrogens is 509 g/mol. The van der Waals surface area contributed by atoms with Crippen molar-refractivity contribution in [3.05, 3.63) is 85.3 Å². The van der Waals surface area contributed by atoms with Crippen LogP contribution >= 0.6 is 34.5 Å². The monoisotopic (exact) mass is 529 g/mol. The van der Waals surface area contributed by atoms with E-state index in [1.807, 2.05) is 54.2 Å². The van der Waals surface area contributed by atoms with Crippen LogP contribution in [0.3, 0.4) is 0 Å². The maximum absolute atomic E-state index is 12.9. The summed E-state index contributed by atoms with van der Waals surface area (Å²) in [6.45, 7) is 4.86. The van der Waals surface area contributed by atoms with Crippen molar-refractivity contribution in [3.63, 3.8) is 0 Å². The van der Waals surface area contributed by atoms with Gasteiger partial charge in [0.1, 0.15) is 12.4 Å². The molecule has 35 heavy (non-hydrogen) atoms. The Kier molecular flexibility index (Phi) is 6.60. The first-order chi connectivity index (χ1) is 16.9. The van der Waals surface area contributed by atoms with Crippen molar-refractivity contribution in [2.75, 3.05) is 12.1 Å². The van der Waals surface area contributed by atoms with Gasteiger partial charge in [-0.1, -0.05) is 29.3 Å². The molecule has 1 amide bonds. The number of rotatable bonds is 7. The largest absolute Gasteiger partial charge is 0.489 e. The summed E-state index contributed by atoms with van der Waals surface area (Å²) in [5.74, 6) is 1.85. The Morgan fingerprint density at radius 3 is 2.74 bits per heavy atom. The number of aromatic nitrogens is 2. The van der Waals surface area contributed by atoms with Crippen LogP contribution in [0.5, 0.6) is 17.2 Å². The summed E-state index contributed by atoms with van der Waals surface area (Å²) in [5.41, 5.74) is 4.15. The Bertz CT molecular complexity index is 1420. The second-order valence-electron chi connectivity index (χ2n) is 8.03. The van der Waals surface area contributed by atoms with Gasteiger partial charge in [0.25, 0.3) is 5.91 Å². The molecule has 0 aliphatic carbocycles. The lowest BCUT2D eigenvalue weighted by atomic mass is 10.2. The Morgan fingerprint density at radius 1 is 1.09 bits per heavy atom. The molecule has 0 fully saturated rings. The first kappa shape index (κ1) is 23.5. The van der Waals surface area contributed by atoms with Crippen molar-refractivity contribution in [1.29, 1.82) is 0 Å². The van der Waals surface area contributed by atoms with Gasteiger partial charge in [-0.3, -0.25) is 9.48 Å². The average molecular weight is 530 g/mol. The maximum atomic E-state index is 12.9. The highest BCUT2D eigenvalue weighted by molar-refractivity contribution is 7.12. The van der Waals surface area contributed by atoms with Gasteiger partial charge in [0.2, 0.25) is 6.79 Å². The van der Waals surface area contributed by atoms with Crippen LogP contribution < -0.4 is 19.5 Å². The fourth-order valence-corrected chi connectivity index (χ4v) is 4.83. The van der Waals surface area contributed by atoms with Gasteiger partial charge in [-0.2, -0.15) is 5.10 Å². The van der Waals surface area contributed by atoms with Crippen molar-refractivity contribution in [2.45, 2.75) is 27.0 Å². The van der Waals surface area contributed by atoms with Gasteiger partial charge in [0.05, 0.1) is 38.5 Å². The van der Waals surface area contributed by atoms with E-state index in [2.05, 4.69) is 10.4 Å². The normalized spacial score (nSPS) is 12.1. The van der Waals surface area contributed by atoms with Gasteiger partial charge in [-0.25, -0.2) is 0 Å². The number of nitrogens with zero attached hydrogens (tertiary/aromatic N) is 2. The molecule has 0 bridgehead atoms. The second kappa shape index (κ2) is 9.81. The molecule has 0 saturated heterocycles. The molecular formula is C25H21Cl2N3O4S. The van der Waals surface area contributed by atoms with Crippen molar-refractivity contribution < 1.29 is 19.0 Å². The average Bonchev–Trinajstić information content (AvgIpc) is 3.56. The minimum absolute atomic E-state index is 0.190. The first-order valence-corrected chi connectivity index (χ1v) is 12.4. The quantitative estimate of drug-likeness (QED) is 0.296. The molecule has 0 radical (unpaired) electrons. The van der Waals surface area contributed by atoms with E-state index in [1.165, 1.54) is 11.3 Å². The van der Waals surface area contributed by atoms with E-state index < -0.39 is 0 Å². The lowest BCUT2D eigenvalue weighted by molar-refractivity contribution is 0.103. The molecule has 3 heterocycles. The fraction of sp³-hybridized carbons (Fsp3) is 0.200. The number of hydrogen-bond donors (Lipinski definition) is 1. The van der Waals surface area contributed by atoms with Crippen molar-refractivity contribution >= 4 is 46.1 Å². The molecule has 0 spiro atoms. The molecule has 1 aliphatic rings. The molecule has 10 heteroatoms. The summed E-state index contributed by atoms with van der Waals surface area (Å²) in [7, 11) is 0. The minimum Gasteiger partial charge on any atom is -0.489 e. The van der Waals surface area contributed by atoms with Gasteiger partial charge >= 0.3 is 0 Å². The number of ether oxygens (including phenoxy) is 3. The smallest absolute Gasteiger partial charge is 0.265 e. The number of anilines is 1. The molecule has 180 valence electrons. The van der Waals surface area contributed by atoms with Crippen LogP contribution in [0.2, 0.25) is 10.0 Å². The van der Waals surface area contributed by atoms with Gasteiger partial charge in [0.15, 0.2) is 11.5 Å². The van der Waals surface area contributed by atoms with Gasteiger partial charge in [-0.05, 0) is 55.1 Å². The standard InChI is InChI=1S/C25H21Cl2N3O4S/c1-14-24(15(2)30(29-14)10-16-3-5-19(26)20(27)7-16)28-25(31)23-8-17(12-35-23)11-32-18-4-6-21-22(9-18)34-13-33-21/h3-9,12H,10-11,13H2,1-2H3,(H,28,31). The molecule has 0 atom stereocenters. The zero-order chi connectivity index (χ0) is 24.5. The predicted molar refractivity (Wildman–Crippen MR) is 136 cm³/mol. The summed E-state index contributed by atoms with van der Waals surface area (Å²) in [4.78, 5) is 13.5. The molecule has 0 saturated carbocycles. The molecule has 7 nitrogen and oxygen atoms in total. The third kappa shape index (κ3) is 5.10. The van der Waals surface area contributed by atoms with Gasteiger partial charge < -0.3 is 19.5 Å². The Hall–Kier alpha value is -3.20. The fourth-order valence-electron chi connectivity index (χ4n) is 3.72. The molecule has 5 rings (SSSR count). The number of carbonyl (C=O) groups is 1. The van der Waals surface area contributed by atoms with Gasteiger partial charge in [-0.15, -0.1) is 11.3 Å². The SMILES string of the molecule is Cc1nn(Cc2ccc(Cl)c(Cl)c2)c(C)c1NC(=O)c1cc(COc2ccc3c(c2)OCO3)cs1. The summed E-state index contributed by atoms with van der Waals surface area (Å²) >= 11 is 13.5. The molecule has 4 aromatic rings. The van der Waals surface area contributed by atoms with Crippen LogP contribution in [0.25, 0.3) is 0 Å².